The van der Waals surface area contributed by atoms with Gasteiger partial charge in [0, 0.05) is 30.1 Å². The first-order chi connectivity index (χ1) is 19.3. The molecule has 5 atom stereocenters. The molecular formula is C31H39N3O5S. The molecule has 2 bridgehead atoms. The number of rotatable bonds is 12. The van der Waals surface area contributed by atoms with Crippen molar-refractivity contribution in [1.29, 1.82) is 0 Å². The summed E-state index contributed by atoms with van der Waals surface area (Å²) in [6, 6.07) is 16.3. The zero-order valence-corrected chi connectivity index (χ0v) is 24.0. The van der Waals surface area contributed by atoms with Crippen molar-refractivity contribution >= 4 is 35.2 Å². The number of fused-ring (bicyclic) bond motifs is 1. The SMILES string of the molecule is COc1ccc(NC(=O)C2N(CCCCCCO)C(=O)[C@@H]3[C@H](C(=O)NCc4ccccc4)[C@]4(C)CCC23S4)cc1. The third-order valence-electron chi connectivity index (χ3n) is 8.78. The van der Waals surface area contributed by atoms with Crippen molar-refractivity contribution in [2.45, 2.75) is 67.5 Å². The topological polar surface area (TPSA) is 108 Å². The molecule has 0 aliphatic carbocycles. The molecule has 3 saturated heterocycles. The second kappa shape index (κ2) is 11.8. The molecule has 3 fully saturated rings. The van der Waals surface area contributed by atoms with Crippen molar-refractivity contribution in [3.8, 4) is 5.75 Å². The number of methoxy groups -OCH3 is 1. The Morgan fingerprint density at radius 2 is 1.75 bits per heavy atom. The van der Waals surface area contributed by atoms with Crippen molar-refractivity contribution in [1.82, 2.24) is 10.2 Å². The molecule has 8 nitrogen and oxygen atoms in total. The Labute approximate surface area is 240 Å². The lowest BCUT2D eigenvalue weighted by molar-refractivity contribution is -0.140. The van der Waals surface area contributed by atoms with E-state index in [9.17, 15) is 14.4 Å². The Balaban J connectivity index is 1.40. The highest BCUT2D eigenvalue weighted by atomic mass is 32.2. The molecule has 0 aromatic heterocycles. The number of likely N-dealkylation sites (tertiary alicyclic amines) is 1. The van der Waals surface area contributed by atoms with Gasteiger partial charge in [0.2, 0.25) is 17.7 Å². The molecule has 9 heteroatoms. The monoisotopic (exact) mass is 565 g/mol. The number of benzene rings is 2. The van der Waals surface area contributed by atoms with Gasteiger partial charge in [-0.1, -0.05) is 43.2 Å². The zero-order chi connectivity index (χ0) is 28.3. The van der Waals surface area contributed by atoms with Crippen LogP contribution in [0.2, 0.25) is 0 Å². The van der Waals surface area contributed by atoms with Crippen molar-refractivity contribution in [3.63, 3.8) is 0 Å². The summed E-state index contributed by atoms with van der Waals surface area (Å²) in [7, 11) is 1.59. The highest BCUT2D eigenvalue weighted by Gasteiger charge is 2.76. The number of carbonyl (C=O) groups excluding carboxylic acids is 3. The van der Waals surface area contributed by atoms with Gasteiger partial charge in [0.15, 0.2) is 0 Å². The van der Waals surface area contributed by atoms with E-state index in [1.165, 1.54) is 0 Å². The summed E-state index contributed by atoms with van der Waals surface area (Å²) in [5, 5.41) is 15.3. The molecule has 3 aliphatic heterocycles. The number of ether oxygens (including phenoxy) is 1. The minimum absolute atomic E-state index is 0.0900. The molecule has 5 rings (SSSR count). The third-order valence-corrected chi connectivity index (χ3v) is 10.8. The second-order valence-electron chi connectivity index (χ2n) is 11.3. The Morgan fingerprint density at radius 3 is 2.45 bits per heavy atom. The summed E-state index contributed by atoms with van der Waals surface area (Å²) >= 11 is 1.68. The van der Waals surface area contributed by atoms with E-state index in [4.69, 9.17) is 9.84 Å². The van der Waals surface area contributed by atoms with Gasteiger partial charge in [0.25, 0.3) is 0 Å². The van der Waals surface area contributed by atoms with Crippen LogP contribution in [-0.2, 0) is 20.9 Å². The number of carbonyl (C=O) groups is 3. The molecule has 0 saturated carbocycles. The predicted molar refractivity (Wildman–Crippen MR) is 156 cm³/mol. The molecule has 2 aromatic carbocycles. The Morgan fingerprint density at radius 1 is 1.02 bits per heavy atom. The van der Waals surface area contributed by atoms with E-state index < -0.39 is 27.4 Å². The molecule has 40 heavy (non-hydrogen) atoms. The summed E-state index contributed by atoms with van der Waals surface area (Å²) in [5.74, 6) is -0.766. The number of unbranched alkanes of at least 4 members (excludes halogenated alkanes) is 3. The highest BCUT2D eigenvalue weighted by Crippen LogP contribution is 2.71. The average molecular weight is 566 g/mol. The van der Waals surface area contributed by atoms with Crippen LogP contribution in [0, 0.1) is 11.8 Å². The van der Waals surface area contributed by atoms with Crippen LogP contribution in [0.1, 0.15) is 51.0 Å². The fourth-order valence-corrected chi connectivity index (χ4v) is 9.25. The van der Waals surface area contributed by atoms with E-state index >= 15 is 0 Å². The lowest BCUT2D eigenvalue weighted by Crippen LogP contribution is -2.52. The average Bonchev–Trinajstić information content (AvgIpc) is 3.53. The molecule has 3 heterocycles. The van der Waals surface area contributed by atoms with Gasteiger partial charge in [-0.15, -0.1) is 11.8 Å². The number of aliphatic hydroxyl groups excluding tert-OH is 1. The van der Waals surface area contributed by atoms with Gasteiger partial charge < -0.3 is 25.4 Å². The maximum atomic E-state index is 14.2. The normalized spacial score (nSPS) is 28.4. The van der Waals surface area contributed by atoms with Crippen molar-refractivity contribution in [2.75, 3.05) is 25.6 Å². The molecule has 1 spiro atoms. The van der Waals surface area contributed by atoms with Crippen LogP contribution in [0.4, 0.5) is 5.69 Å². The fraction of sp³-hybridized carbons (Fsp3) is 0.516. The van der Waals surface area contributed by atoms with E-state index in [-0.39, 0.29) is 24.3 Å². The maximum Gasteiger partial charge on any atom is 0.248 e. The van der Waals surface area contributed by atoms with Crippen LogP contribution in [0.5, 0.6) is 5.75 Å². The highest BCUT2D eigenvalue weighted by molar-refractivity contribution is 8.02. The molecule has 3 N–H and O–H groups in total. The van der Waals surface area contributed by atoms with Gasteiger partial charge in [-0.3, -0.25) is 14.4 Å². The van der Waals surface area contributed by atoms with E-state index in [1.54, 1.807) is 48.0 Å². The molecule has 3 aliphatic rings. The van der Waals surface area contributed by atoms with Crippen LogP contribution in [0.3, 0.4) is 0 Å². The summed E-state index contributed by atoms with van der Waals surface area (Å²) in [6.07, 6.45) is 4.69. The van der Waals surface area contributed by atoms with Crippen molar-refractivity contribution < 1.29 is 24.2 Å². The van der Waals surface area contributed by atoms with Gasteiger partial charge in [-0.2, -0.15) is 0 Å². The van der Waals surface area contributed by atoms with Gasteiger partial charge in [0.1, 0.15) is 11.8 Å². The van der Waals surface area contributed by atoms with E-state index in [1.807, 2.05) is 30.3 Å². The quantitative estimate of drug-likeness (QED) is 0.336. The summed E-state index contributed by atoms with van der Waals surface area (Å²) in [5.41, 5.74) is 1.65. The van der Waals surface area contributed by atoms with Gasteiger partial charge in [0.05, 0.1) is 23.7 Å². The summed E-state index contributed by atoms with van der Waals surface area (Å²) in [4.78, 5) is 43.6. The fourth-order valence-electron chi connectivity index (χ4n) is 6.90. The van der Waals surface area contributed by atoms with Crippen molar-refractivity contribution in [2.24, 2.45) is 11.8 Å². The minimum atomic E-state index is -0.663. The largest absolute Gasteiger partial charge is 0.497 e. The first kappa shape index (κ1) is 28.5. The predicted octanol–water partition coefficient (Wildman–Crippen LogP) is 3.98. The zero-order valence-electron chi connectivity index (χ0n) is 23.2. The van der Waals surface area contributed by atoms with E-state index in [2.05, 4.69) is 17.6 Å². The third kappa shape index (κ3) is 5.21. The molecule has 2 aromatic rings. The lowest BCUT2D eigenvalue weighted by Gasteiger charge is -2.35. The van der Waals surface area contributed by atoms with Crippen LogP contribution in [0.15, 0.2) is 54.6 Å². The first-order valence-electron chi connectivity index (χ1n) is 14.2. The van der Waals surface area contributed by atoms with Crippen LogP contribution < -0.4 is 15.4 Å². The number of hydrogen-bond donors (Lipinski definition) is 3. The number of aliphatic hydroxyl groups is 1. The molecular weight excluding hydrogens is 526 g/mol. The number of amides is 3. The number of hydrogen-bond acceptors (Lipinski definition) is 6. The summed E-state index contributed by atoms with van der Waals surface area (Å²) in [6.45, 7) is 3.10. The Hall–Kier alpha value is -3.04. The van der Waals surface area contributed by atoms with Gasteiger partial charge >= 0.3 is 0 Å². The van der Waals surface area contributed by atoms with Crippen LogP contribution >= 0.6 is 11.8 Å². The Kier molecular flexibility index (Phi) is 8.42. The number of anilines is 1. The van der Waals surface area contributed by atoms with E-state index in [0.29, 0.717) is 24.5 Å². The number of nitrogens with one attached hydrogen (secondary N) is 2. The summed E-state index contributed by atoms with van der Waals surface area (Å²) < 4.78 is 4.18. The molecule has 214 valence electrons. The molecule has 2 unspecified atom stereocenters. The van der Waals surface area contributed by atoms with Crippen LogP contribution in [-0.4, -0.2) is 63.5 Å². The first-order valence-corrected chi connectivity index (χ1v) is 15.0. The number of nitrogens with zero attached hydrogens (tertiary/aromatic N) is 1. The minimum Gasteiger partial charge on any atom is -0.497 e. The van der Waals surface area contributed by atoms with Gasteiger partial charge in [-0.05, 0) is 62.4 Å². The lowest BCUT2D eigenvalue weighted by atomic mass is 9.66. The molecule has 0 radical (unpaired) electrons. The standard InChI is InChI=1S/C31H39N3O5S/c1-30-16-17-31(40-30)25(24(30)27(36)32-20-21-10-6-5-7-11-21)29(38)34(18-8-3-4-9-19-35)26(31)28(37)33-22-12-14-23(39-2)15-13-22/h5-7,10-15,24-26,35H,3-4,8-9,16-20H2,1-2H3,(H,32,36)(H,33,37)/t24-,25+,26?,30+,31?/m1/s1. The maximum absolute atomic E-state index is 14.2. The second-order valence-corrected chi connectivity index (χ2v) is 13.2. The number of thioether (sulfide) groups is 1. The van der Waals surface area contributed by atoms with E-state index in [0.717, 1.165) is 44.1 Å². The van der Waals surface area contributed by atoms with Gasteiger partial charge in [-0.25, -0.2) is 0 Å². The Bertz CT molecular complexity index is 1230. The molecule has 3 amide bonds. The smallest absolute Gasteiger partial charge is 0.248 e. The van der Waals surface area contributed by atoms with Crippen molar-refractivity contribution in [3.05, 3.63) is 60.2 Å². The van der Waals surface area contributed by atoms with Crippen LogP contribution in [0.25, 0.3) is 0 Å².